The molecule has 1 N–H and O–H groups in total. The summed E-state index contributed by atoms with van der Waals surface area (Å²) < 4.78 is 15.9. The second-order valence-electron chi connectivity index (χ2n) is 3.57. The Morgan fingerprint density at radius 3 is 2.35 bits per heavy atom. The Kier molecular flexibility index (Phi) is 6.62. The third-order valence-corrected chi connectivity index (χ3v) is 2.25. The molecule has 1 atom stereocenters. The van der Waals surface area contributed by atoms with Gasteiger partial charge in [-0.15, -0.1) is 0 Å². The molecule has 0 aromatic heterocycles. The number of ether oxygens (including phenoxy) is 1. The van der Waals surface area contributed by atoms with Gasteiger partial charge in [0.1, 0.15) is 18.3 Å². The minimum absolute atomic E-state index is 0.120. The first-order chi connectivity index (χ1) is 7.79. The molecule has 0 aromatic carbocycles. The summed E-state index contributed by atoms with van der Waals surface area (Å²) in [6.07, 6.45) is -0.334. The molecule has 0 aromatic rings. The lowest BCUT2D eigenvalue weighted by Gasteiger charge is -2.15. The minimum Gasteiger partial charge on any atom is -0.459 e. The molecule has 0 aliphatic carbocycles. The van der Waals surface area contributed by atoms with Gasteiger partial charge in [-0.25, -0.2) is 4.79 Å². The lowest BCUT2D eigenvalue weighted by molar-refractivity contribution is -0.142. The number of rotatable bonds is 5. The minimum atomic E-state index is -2.02. The number of esters is 1. The molecule has 6 nitrogen and oxygen atoms in total. The summed E-state index contributed by atoms with van der Waals surface area (Å²) in [5.74, 6) is -0.641. The summed E-state index contributed by atoms with van der Waals surface area (Å²) >= 11 is 3.68. The van der Waals surface area contributed by atoms with Crippen molar-refractivity contribution in [1.82, 2.24) is 9.99 Å². The molecule has 0 aliphatic rings. The van der Waals surface area contributed by atoms with Gasteiger partial charge in [0, 0.05) is 14.1 Å². The molecule has 0 saturated heterocycles. The van der Waals surface area contributed by atoms with Crippen LogP contribution in [0.25, 0.3) is 0 Å². The lowest BCUT2D eigenvalue weighted by atomic mass is 10.3. The van der Waals surface area contributed by atoms with Crippen LogP contribution < -0.4 is 5.09 Å². The van der Waals surface area contributed by atoms with E-state index in [0.717, 1.165) is 0 Å². The van der Waals surface area contributed by atoms with Crippen LogP contribution in [0.1, 0.15) is 13.8 Å². The molecule has 0 spiro atoms. The van der Waals surface area contributed by atoms with Crippen LogP contribution in [-0.4, -0.2) is 31.1 Å². The van der Waals surface area contributed by atoms with E-state index in [1.54, 1.807) is 34.0 Å². The van der Waals surface area contributed by atoms with Gasteiger partial charge in [0.15, 0.2) is 11.4 Å². The van der Waals surface area contributed by atoms with E-state index in [1.807, 2.05) is 0 Å². The van der Waals surface area contributed by atoms with Gasteiger partial charge in [0.25, 0.3) is 0 Å². The number of carbonyl (C=O) groups is 1. The van der Waals surface area contributed by atoms with E-state index in [0.29, 0.717) is 0 Å². The number of nitriles is 1. The molecule has 0 fully saturated rings. The fraction of sp³-hybridized carbons (Fsp3) is 0.556. The summed E-state index contributed by atoms with van der Waals surface area (Å²) in [6, 6.07) is 1.73. The summed E-state index contributed by atoms with van der Waals surface area (Å²) in [5.41, 5.74) is -0.235. The van der Waals surface area contributed by atoms with Gasteiger partial charge < -0.3 is 9.64 Å². The zero-order chi connectivity index (χ0) is 13.6. The van der Waals surface area contributed by atoms with Crippen LogP contribution in [0.4, 0.5) is 0 Å². The lowest BCUT2D eigenvalue weighted by Crippen LogP contribution is -2.26. The predicted molar refractivity (Wildman–Crippen MR) is 67.3 cm³/mol. The highest BCUT2D eigenvalue weighted by Gasteiger charge is 2.24. The monoisotopic (exact) mass is 276 g/mol. The van der Waals surface area contributed by atoms with Gasteiger partial charge in [0.2, 0.25) is 0 Å². The Labute approximate surface area is 107 Å². The third-order valence-electron chi connectivity index (χ3n) is 1.54. The molecule has 8 heteroatoms. The number of hydrogen-bond donors (Lipinski definition) is 2. The fourth-order valence-corrected chi connectivity index (χ4v) is 1.72. The van der Waals surface area contributed by atoms with Gasteiger partial charge in [-0.05, 0) is 18.4 Å². The largest absolute Gasteiger partial charge is 0.533 e. The van der Waals surface area contributed by atoms with Crippen molar-refractivity contribution in [2.45, 2.75) is 20.0 Å². The molecule has 1 unspecified atom stereocenters. The van der Waals surface area contributed by atoms with Crippen molar-refractivity contribution in [1.29, 1.82) is 5.26 Å². The Morgan fingerprint density at radius 1 is 1.53 bits per heavy atom. The molecule has 0 amide bonds. The highest BCUT2D eigenvalue weighted by Crippen LogP contribution is 2.23. The van der Waals surface area contributed by atoms with Crippen LogP contribution in [0.15, 0.2) is 11.4 Å². The number of thiol groups is 1. The zero-order valence-electron chi connectivity index (χ0n) is 10.1. The second kappa shape index (κ2) is 7.15. The normalized spacial score (nSPS) is 12.4. The first-order valence-electron chi connectivity index (χ1n) is 4.75. The summed E-state index contributed by atoms with van der Waals surface area (Å²) in [7, 11) is 1.19. The van der Waals surface area contributed by atoms with Crippen molar-refractivity contribution < 1.29 is 14.1 Å². The van der Waals surface area contributed by atoms with Crippen molar-refractivity contribution >= 4 is 25.4 Å². The van der Waals surface area contributed by atoms with Crippen molar-refractivity contribution in [3.63, 3.8) is 0 Å². The van der Waals surface area contributed by atoms with E-state index in [9.17, 15) is 9.36 Å². The average molecular weight is 276 g/mol. The first-order valence-corrected chi connectivity index (χ1v) is 7.16. The van der Waals surface area contributed by atoms with Crippen LogP contribution in [0.2, 0.25) is 0 Å². The maximum Gasteiger partial charge on any atom is 0.533 e. The smallest absolute Gasteiger partial charge is 0.459 e. The molecule has 17 heavy (non-hydrogen) atoms. The Hall–Kier alpha value is -1.25. The van der Waals surface area contributed by atoms with Crippen molar-refractivity contribution in [2.75, 3.05) is 14.1 Å². The second-order valence-corrected chi connectivity index (χ2v) is 5.43. The topological polar surface area (TPSA) is 82.4 Å². The standard InChI is InChI=1S/C9H14N3O3PS/c1-6(2)15-9(13)7(5-10)8(12(3)4)11-16(14)17/h6H,1-4H3,(H-,11,13,14,17)/p+1. The van der Waals surface area contributed by atoms with Gasteiger partial charge in [-0.3, -0.25) is 0 Å². The van der Waals surface area contributed by atoms with Crippen LogP contribution in [0.3, 0.4) is 0 Å². The van der Waals surface area contributed by atoms with E-state index < -0.39 is 13.1 Å². The quantitative estimate of drug-likeness (QED) is 0.260. The Balaban J connectivity index is 5.29. The Morgan fingerprint density at radius 2 is 2.06 bits per heavy atom. The molecule has 0 heterocycles. The highest BCUT2D eigenvalue weighted by atomic mass is 32.7. The summed E-state index contributed by atoms with van der Waals surface area (Å²) in [6.45, 7) is 3.35. The molecule has 0 saturated carbocycles. The molecule has 0 bridgehead atoms. The van der Waals surface area contributed by atoms with Gasteiger partial charge in [-0.2, -0.15) is 10.3 Å². The molecule has 94 valence electrons. The first kappa shape index (κ1) is 15.8. The maximum absolute atomic E-state index is 11.6. The molecule has 0 radical (unpaired) electrons. The van der Waals surface area contributed by atoms with Crippen molar-refractivity contribution in [3.8, 4) is 6.07 Å². The zero-order valence-corrected chi connectivity index (χ0v) is 11.9. The van der Waals surface area contributed by atoms with E-state index in [1.165, 1.54) is 4.90 Å². The maximum atomic E-state index is 11.6. The van der Waals surface area contributed by atoms with Crippen molar-refractivity contribution in [3.05, 3.63) is 11.4 Å². The van der Waals surface area contributed by atoms with E-state index in [4.69, 9.17) is 10.00 Å². The van der Waals surface area contributed by atoms with E-state index in [2.05, 4.69) is 17.3 Å². The SMILES string of the molecule is CC(C)OC(=O)C(C#N)=C(N[P+](=O)S)N(C)C. The van der Waals surface area contributed by atoms with Crippen LogP contribution in [0, 0.1) is 11.3 Å². The number of nitrogens with zero attached hydrogens (tertiary/aromatic N) is 2. The van der Waals surface area contributed by atoms with Crippen LogP contribution >= 0.6 is 19.4 Å². The van der Waals surface area contributed by atoms with Crippen LogP contribution in [-0.2, 0) is 14.1 Å². The number of carbonyl (C=O) groups excluding carboxylic acids is 1. The molecule has 0 aliphatic heterocycles. The molecule has 0 rings (SSSR count). The van der Waals surface area contributed by atoms with Gasteiger partial charge in [0.05, 0.1) is 6.10 Å². The highest BCUT2D eigenvalue weighted by molar-refractivity contribution is 8.40. The van der Waals surface area contributed by atoms with Crippen molar-refractivity contribution in [2.24, 2.45) is 0 Å². The molecular formula is C9H15N3O3PS+. The van der Waals surface area contributed by atoms with E-state index in [-0.39, 0.29) is 17.5 Å². The van der Waals surface area contributed by atoms with Gasteiger partial charge in [-0.1, -0.05) is 0 Å². The van der Waals surface area contributed by atoms with E-state index >= 15 is 0 Å². The van der Waals surface area contributed by atoms with Crippen LogP contribution in [0.5, 0.6) is 0 Å². The third kappa shape index (κ3) is 5.57. The molecular weight excluding hydrogens is 261 g/mol. The van der Waals surface area contributed by atoms with Gasteiger partial charge >= 0.3 is 13.1 Å². The summed E-state index contributed by atoms with van der Waals surface area (Å²) in [5, 5.41) is 11.4. The average Bonchev–Trinajstić information content (AvgIpc) is 2.15. The predicted octanol–water partition coefficient (Wildman–Crippen LogP) is 1.41. The number of hydrogen-bond acceptors (Lipinski definition) is 5. The summed E-state index contributed by atoms with van der Waals surface area (Å²) in [4.78, 5) is 13.1. The Bertz CT molecular complexity index is 387. The number of nitrogens with one attached hydrogen (secondary N) is 1. The fourth-order valence-electron chi connectivity index (χ4n) is 0.938.